The summed E-state index contributed by atoms with van der Waals surface area (Å²) in [5.41, 5.74) is 0. The van der Waals surface area contributed by atoms with Gasteiger partial charge in [0.25, 0.3) is 0 Å². The highest BCUT2D eigenvalue weighted by Crippen LogP contribution is 2.41. The third-order valence-corrected chi connectivity index (χ3v) is 5.02. The van der Waals surface area contributed by atoms with Gasteiger partial charge in [-0.3, -0.25) is 9.69 Å². The third-order valence-electron chi connectivity index (χ3n) is 5.02. The minimum absolute atomic E-state index is 0.138. The van der Waals surface area contributed by atoms with E-state index in [0.29, 0.717) is 30.6 Å². The van der Waals surface area contributed by atoms with Crippen LogP contribution in [0.15, 0.2) is 4.52 Å². The van der Waals surface area contributed by atoms with Crippen LogP contribution in [0, 0.1) is 0 Å². The maximum absolute atomic E-state index is 12.6. The first-order valence-electron chi connectivity index (χ1n) is 8.37. The Labute approximate surface area is 137 Å². The average Bonchev–Trinajstić information content (AvgIpc) is 2.93. The van der Waals surface area contributed by atoms with Gasteiger partial charge in [0, 0.05) is 12.5 Å². The van der Waals surface area contributed by atoms with Gasteiger partial charge in [-0.05, 0) is 38.6 Å². The molecule has 132 valence electrons. The van der Waals surface area contributed by atoms with Crippen molar-refractivity contribution in [1.82, 2.24) is 19.9 Å². The number of alkyl halides is 3. The largest absolute Gasteiger partial charge is 0.406 e. The molecule has 3 fully saturated rings. The molecule has 1 aromatic heterocycles. The van der Waals surface area contributed by atoms with Crippen LogP contribution < -0.4 is 0 Å². The van der Waals surface area contributed by atoms with Crippen molar-refractivity contribution in [3.8, 4) is 0 Å². The van der Waals surface area contributed by atoms with Gasteiger partial charge in [-0.15, -0.1) is 0 Å². The summed E-state index contributed by atoms with van der Waals surface area (Å²) < 4.78 is 43.0. The average molecular weight is 344 g/mol. The quantitative estimate of drug-likeness (QED) is 0.838. The molecule has 9 heteroatoms. The third kappa shape index (κ3) is 3.01. The van der Waals surface area contributed by atoms with Crippen molar-refractivity contribution in [2.75, 3.05) is 19.6 Å². The number of hydrogen-bond acceptors (Lipinski definition) is 5. The van der Waals surface area contributed by atoms with Gasteiger partial charge >= 0.3 is 6.18 Å². The molecule has 0 unspecified atom stereocenters. The molecule has 4 rings (SSSR count). The molecule has 2 saturated heterocycles. The predicted molar refractivity (Wildman–Crippen MR) is 76.0 cm³/mol. The van der Waals surface area contributed by atoms with Crippen molar-refractivity contribution in [2.45, 2.75) is 56.3 Å². The topological polar surface area (TPSA) is 62.5 Å². The lowest BCUT2D eigenvalue weighted by atomic mass is 10.1. The van der Waals surface area contributed by atoms with Crippen molar-refractivity contribution in [1.29, 1.82) is 0 Å². The second-order valence-corrected chi connectivity index (χ2v) is 6.84. The van der Waals surface area contributed by atoms with Gasteiger partial charge < -0.3 is 9.42 Å². The predicted octanol–water partition coefficient (Wildman–Crippen LogP) is 2.25. The second-order valence-electron chi connectivity index (χ2n) is 6.84. The molecule has 24 heavy (non-hydrogen) atoms. The van der Waals surface area contributed by atoms with Gasteiger partial charge in [-0.2, -0.15) is 18.2 Å². The van der Waals surface area contributed by atoms with Crippen LogP contribution in [0.3, 0.4) is 0 Å². The Hall–Kier alpha value is -1.64. The summed E-state index contributed by atoms with van der Waals surface area (Å²) >= 11 is 0. The summed E-state index contributed by atoms with van der Waals surface area (Å²) in [5.74, 6) is 1.13. The van der Waals surface area contributed by atoms with Gasteiger partial charge in [0.05, 0.1) is 12.1 Å². The van der Waals surface area contributed by atoms with E-state index in [1.54, 1.807) is 0 Å². The Morgan fingerprint density at radius 2 is 1.92 bits per heavy atom. The smallest absolute Gasteiger partial charge is 0.339 e. The van der Waals surface area contributed by atoms with E-state index in [2.05, 4.69) is 10.1 Å². The number of hydrogen-bond donors (Lipinski definition) is 0. The lowest BCUT2D eigenvalue weighted by molar-refractivity contribution is -0.159. The minimum atomic E-state index is -4.36. The fourth-order valence-electron chi connectivity index (χ4n) is 3.72. The van der Waals surface area contributed by atoms with Crippen molar-refractivity contribution < 1.29 is 22.5 Å². The highest BCUT2D eigenvalue weighted by molar-refractivity contribution is 5.84. The number of nitrogens with zero attached hydrogens (tertiary/aromatic N) is 4. The maximum Gasteiger partial charge on any atom is 0.406 e. The van der Waals surface area contributed by atoms with E-state index in [4.69, 9.17) is 4.52 Å². The highest BCUT2D eigenvalue weighted by Gasteiger charge is 2.45. The van der Waals surface area contributed by atoms with Gasteiger partial charge in [0.1, 0.15) is 6.54 Å². The molecular formula is C15H19F3N4O2. The molecular weight excluding hydrogens is 325 g/mol. The molecule has 3 heterocycles. The zero-order chi connectivity index (χ0) is 16.9. The molecule has 6 nitrogen and oxygen atoms in total. The Morgan fingerprint density at radius 3 is 2.62 bits per heavy atom. The molecule has 2 aliphatic heterocycles. The van der Waals surface area contributed by atoms with Crippen LogP contribution in [-0.2, 0) is 4.79 Å². The normalized spacial score (nSPS) is 29.0. The molecule has 1 aliphatic carbocycles. The summed E-state index contributed by atoms with van der Waals surface area (Å²) in [5, 5.41) is 4.05. The van der Waals surface area contributed by atoms with E-state index in [9.17, 15) is 18.0 Å². The lowest BCUT2D eigenvalue weighted by Crippen LogP contribution is -2.43. The molecule has 0 radical (unpaired) electrons. The van der Waals surface area contributed by atoms with Crippen molar-refractivity contribution in [3.63, 3.8) is 0 Å². The first-order valence-corrected chi connectivity index (χ1v) is 8.37. The van der Waals surface area contributed by atoms with E-state index < -0.39 is 24.7 Å². The first kappa shape index (κ1) is 15.9. The summed E-state index contributed by atoms with van der Waals surface area (Å²) in [6.07, 6.45) is -0.151. The van der Waals surface area contributed by atoms with Crippen LogP contribution in [0.1, 0.15) is 55.8 Å². The maximum atomic E-state index is 12.6. The standard InChI is InChI=1S/C15H19F3N4O2/c16-15(17,18)8-21-7-5-11(14(21)23)22-6-1-2-10(22)12-19-13(24-20-12)9-3-4-9/h9-11H,1-8H2/t10-,11-/m1/s1. The van der Waals surface area contributed by atoms with Crippen molar-refractivity contribution in [3.05, 3.63) is 11.7 Å². The number of carbonyl (C=O) groups excluding carboxylic acids is 1. The Morgan fingerprint density at radius 1 is 1.12 bits per heavy atom. The summed E-state index contributed by atoms with van der Waals surface area (Å²) in [6, 6.07) is -0.649. The second kappa shape index (κ2) is 5.72. The molecule has 1 aromatic rings. The van der Waals surface area contributed by atoms with Gasteiger partial charge in [0.15, 0.2) is 5.82 Å². The zero-order valence-corrected chi connectivity index (χ0v) is 13.1. The number of rotatable bonds is 4. The molecule has 3 aliphatic rings. The van der Waals surface area contributed by atoms with E-state index in [1.807, 2.05) is 4.90 Å². The minimum Gasteiger partial charge on any atom is -0.339 e. The number of aromatic nitrogens is 2. The van der Waals surface area contributed by atoms with E-state index in [0.717, 1.165) is 30.6 Å². The molecule has 0 aromatic carbocycles. The SMILES string of the molecule is O=C1[C@H](N2CCC[C@@H]2c2noc(C3CC3)n2)CCN1CC(F)(F)F. The number of halogens is 3. The van der Waals surface area contributed by atoms with Gasteiger partial charge in [0.2, 0.25) is 11.8 Å². The highest BCUT2D eigenvalue weighted by atomic mass is 19.4. The molecule has 0 N–H and O–H groups in total. The van der Waals surface area contributed by atoms with E-state index in [-0.39, 0.29) is 12.6 Å². The van der Waals surface area contributed by atoms with Crippen LogP contribution in [0.4, 0.5) is 13.2 Å². The molecule has 1 amide bonds. The molecule has 0 bridgehead atoms. The number of carbonyl (C=O) groups is 1. The molecule has 1 saturated carbocycles. The summed E-state index contributed by atoms with van der Waals surface area (Å²) in [6.45, 7) is -0.352. The van der Waals surface area contributed by atoms with Gasteiger partial charge in [-0.25, -0.2) is 0 Å². The van der Waals surface area contributed by atoms with E-state index in [1.165, 1.54) is 0 Å². The van der Waals surface area contributed by atoms with E-state index >= 15 is 0 Å². The first-order chi connectivity index (χ1) is 11.4. The fourth-order valence-corrected chi connectivity index (χ4v) is 3.72. The fraction of sp³-hybridized carbons (Fsp3) is 0.800. The van der Waals surface area contributed by atoms with Gasteiger partial charge in [-0.1, -0.05) is 5.16 Å². The van der Waals surface area contributed by atoms with Crippen molar-refractivity contribution >= 4 is 5.91 Å². The number of likely N-dealkylation sites (tertiary alicyclic amines) is 2. The monoisotopic (exact) mass is 344 g/mol. The van der Waals surface area contributed by atoms with Crippen LogP contribution in [0.25, 0.3) is 0 Å². The van der Waals surface area contributed by atoms with Crippen molar-refractivity contribution in [2.24, 2.45) is 0 Å². The van der Waals surface area contributed by atoms with Crippen LogP contribution >= 0.6 is 0 Å². The Bertz CT molecular complexity index is 628. The Balaban J connectivity index is 1.47. The lowest BCUT2D eigenvalue weighted by Gasteiger charge is -2.27. The zero-order valence-electron chi connectivity index (χ0n) is 13.1. The summed E-state index contributed by atoms with van der Waals surface area (Å²) in [4.78, 5) is 19.7. The Kier molecular flexibility index (Phi) is 3.78. The van der Waals surface area contributed by atoms with Crippen LogP contribution in [0.5, 0.6) is 0 Å². The van der Waals surface area contributed by atoms with Crippen LogP contribution in [-0.4, -0.2) is 57.7 Å². The summed E-state index contributed by atoms with van der Waals surface area (Å²) in [7, 11) is 0. The number of amides is 1. The molecule has 0 spiro atoms. The van der Waals surface area contributed by atoms with Crippen LogP contribution in [0.2, 0.25) is 0 Å². The molecule has 2 atom stereocenters.